The van der Waals surface area contributed by atoms with Gasteiger partial charge in [-0.05, 0) is 31.9 Å². The summed E-state index contributed by atoms with van der Waals surface area (Å²) in [6.45, 7) is 3.99. The Balaban J connectivity index is 2.48. The maximum Gasteiger partial charge on any atom is 0.163 e. The Morgan fingerprint density at radius 1 is 1.27 bits per heavy atom. The lowest BCUT2D eigenvalue weighted by Crippen LogP contribution is -1.96. The molecule has 15 heavy (non-hydrogen) atoms. The molecular formula is C14H16O. The van der Waals surface area contributed by atoms with E-state index in [-0.39, 0.29) is 5.78 Å². The molecule has 0 bridgehead atoms. The maximum atomic E-state index is 11.6. The fraction of sp³-hybridized carbons (Fsp3) is 0.286. The minimum Gasteiger partial charge on any atom is -0.294 e. The Labute approximate surface area is 91.1 Å². The summed E-state index contributed by atoms with van der Waals surface area (Å²) < 4.78 is 0. The number of carbonyl (C=O) groups excluding carboxylic acids is 1. The predicted molar refractivity (Wildman–Crippen MR) is 63.0 cm³/mol. The van der Waals surface area contributed by atoms with Crippen LogP contribution in [0.2, 0.25) is 0 Å². The van der Waals surface area contributed by atoms with Crippen molar-refractivity contribution >= 4 is 5.78 Å². The van der Waals surface area contributed by atoms with E-state index in [0.717, 1.165) is 17.6 Å². The van der Waals surface area contributed by atoms with Crippen molar-refractivity contribution in [3.05, 3.63) is 53.3 Å². The third kappa shape index (κ3) is 4.44. The van der Waals surface area contributed by atoms with Gasteiger partial charge in [0.2, 0.25) is 0 Å². The van der Waals surface area contributed by atoms with Crippen LogP contribution in [0.25, 0.3) is 0 Å². The first kappa shape index (κ1) is 11.5. The second-order valence-corrected chi connectivity index (χ2v) is 3.68. The van der Waals surface area contributed by atoms with Crippen molar-refractivity contribution in [3.8, 4) is 0 Å². The van der Waals surface area contributed by atoms with Gasteiger partial charge in [-0.2, -0.15) is 0 Å². The highest BCUT2D eigenvalue weighted by molar-refractivity contribution is 5.96. The van der Waals surface area contributed by atoms with Gasteiger partial charge in [-0.3, -0.25) is 4.79 Å². The lowest BCUT2D eigenvalue weighted by molar-refractivity contribution is 0.0983. The fourth-order valence-electron chi connectivity index (χ4n) is 1.25. The maximum absolute atomic E-state index is 11.6. The van der Waals surface area contributed by atoms with Crippen LogP contribution in [-0.2, 0) is 0 Å². The molecule has 0 aromatic heterocycles. The van der Waals surface area contributed by atoms with Gasteiger partial charge >= 0.3 is 0 Å². The average molecular weight is 200 g/mol. The van der Waals surface area contributed by atoms with Crippen LogP contribution in [0.15, 0.2) is 47.7 Å². The molecule has 1 aromatic carbocycles. The van der Waals surface area contributed by atoms with Gasteiger partial charge in [0.05, 0.1) is 0 Å². The van der Waals surface area contributed by atoms with E-state index in [0.29, 0.717) is 6.42 Å². The molecule has 78 valence electrons. The summed E-state index contributed by atoms with van der Waals surface area (Å²) in [5.41, 5.74) is 5.03. The summed E-state index contributed by atoms with van der Waals surface area (Å²) >= 11 is 0. The smallest absolute Gasteiger partial charge is 0.163 e. The molecule has 0 N–H and O–H groups in total. The molecule has 0 spiro atoms. The molecule has 1 aromatic rings. The molecule has 0 aliphatic carbocycles. The topological polar surface area (TPSA) is 17.1 Å². The van der Waals surface area contributed by atoms with Crippen LogP contribution in [0.3, 0.4) is 0 Å². The van der Waals surface area contributed by atoms with Crippen molar-refractivity contribution in [2.45, 2.75) is 26.7 Å². The van der Waals surface area contributed by atoms with Crippen LogP contribution in [0.5, 0.6) is 0 Å². The zero-order chi connectivity index (χ0) is 11.1. The van der Waals surface area contributed by atoms with Gasteiger partial charge < -0.3 is 0 Å². The molecule has 1 nitrogen and oxygen atoms in total. The Morgan fingerprint density at radius 3 is 2.53 bits per heavy atom. The van der Waals surface area contributed by atoms with Crippen molar-refractivity contribution in [2.24, 2.45) is 0 Å². The Kier molecular flexibility index (Phi) is 4.59. The molecule has 0 atom stereocenters. The molecule has 1 heteroatoms. The zero-order valence-electron chi connectivity index (χ0n) is 9.29. The molecule has 0 aliphatic rings. The molecule has 0 unspecified atom stereocenters. The summed E-state index contributed by atoms with van der Waals surface area (Å²) in [6.07, 6.45) is 3.25. The Morgan fingerprint density at radius 2 is 1.93 bits per heavy atom. The molecule has 0 fully saturated rings. The lowest BCUT2D eigenvalue weighted by Gasteiger charge is -1.96. The number of hydrogen-bond acceptors (Lipinski definition) is 1. The quantitative estimate of drug-likeness (QED) is 0.534. The van der Waals surface area contributed by atoms with Crippen LogP contribution in [0, 0.1) is 0 Å². The van der Waals surface area contributed by atoms with Crippen LogP contribution in [0.4, 0.5) is 0 Å². The summed E-state index contributed by atoms with van der Waals surface area (Å²) in [5.74, 6) is 0.197. The molecular weight excluding hydrogens is 184 g/mol. The molecule has 0 saturated heterocycles. The predicted octanol–water partition coefficient (Wildman–Crippen LogP) is 3.77. The van der Waals surface area contributed by atoms with Crippen LogP contribution in [-0.4, -0.2) is 5.78 Å². The highest BCUT2D eigenvalue weighted by Gasteiger charge is 2.02. The van der Waals surface area contributed by atoms with E-state index in [1.165, 1.54) is 0 Å². The molecule has 0 amide bonds. The molecule has 0 radical (unpaired) electrons. The van der Waals surface area contributed by atoms with Crippen LogP contribution < -0.4 is 0 Å². The van der Waals surface area contributed by atoms with Gasteiger partial charge in [0.1, 0.15) is 0 Å². The number of allylic oxidation sites excluding steroid dienone is 1. The van der Waals surface area contributed by atoms with Gasteiger partial charge in [0.25, 0.3) is 0 Å². The summed E-state index contributed by atoms with van der Waals surface area (Å²) in [4.78, 5) is 11.6. The Hall–Kier alpha value is -1.59. The Bertz CT molecular complexity index is 377. The van der Waals surface area contributed by atoms with Crippen molar-refractivity contribution in [1.82, 2.24) is 0 Å². The van der Waals surface area contributed by atoms with E-state index in [9.17, 15) is 4.79 Å². The highest BCUT2D eigenvalue weighted by Crippen LogP contribution is 2.05. The number of ketones is 1. The van der Waals surface area contributed by atoms with Gasteiger partial charge in [-0.1, -0.05) is 30.3 Å². The number of benzene rings is 1. The van der Waals surface area contributed by atoms with Crippen molar-refractivity contribution < 1.29 is 4.79 Å². The average Bonchev–Trinajstić information content (AvgIpc) is 2.25. The van der Waals surface area contributed by atoms with Crippen molar-refractivity contribution in [2.75, 3.05) is 0 Å². The van der Waals surface area contributed by atoms with Crippen LogP contribution >= 0.6 is 0 Å². The van der Waals surface area contributed by atoms with Gasteiger partial charge in [0, 0.05) is 12.0 Å². The van der Waals surface area contributed by atoms with E-state index in [4.69, 9.17) is 0 Å². The molecule has 0 aliphatic heterocycles. The van der Waals surface area contributed by atoms with E-state index < -0.39 is 0 Å². The van der Waals surface area contributed by atoms with E-state index in [1.807, 2.05) is 50.3 Å². The third-order valence-corrected chi connectivity index (χ3v) is 2.00. The first-order chi connectivity index (χ1) is 7.20. The number of carbonyl (C=O) groups is 1. The number of Topliss-reactive ketones (excluding diaryl/α,β-unsaturated/α-hetero) is 1. The minimum atomic E-state index is 0.197. The minimum absolute atomic E-state index is 0.197. The fourth-order valence-corrected chi connectivity index (χ4v) is 1.25. The SMILES string of the molecule is CC(C)=C=CCCC(=O)c1ccccc1. The van der Waals surface area contributed by atoms with E-state index in [1.54, 1.807) is 0 Å². The highest BCUT2D eigenvalue weighted by atomic mass is 16.1. The second kappa shape index (κ2) is 6.00. The number of hydrogen-bond donors (Lipinski definition) is 0. The normalized spacial score (nSPS) is 9.20. The first-order valence-corrected chi connectivity index (χ1v) is 5.17. The monoisotopic (exact) mass is 200 g/mol. The molecule has 0 saturated carbocycles. The largest absolute Gasteiger partial charge is 0.294 e. The molecule has 1 rings (SSSR count). The summed E-state index contributed by atoms with van der Waals surface area (Å²) in [7, 11) is 0. The van der Waals surface area contributed by atoms with E-state index in [2.05, 4.69) is 5.73 Å². The molecule has 0 heterocycles. The summed E-state index contributed by atoms with van der Waals surface area (Å²) in [5, 5.41) is 0. The zero-order valence-corrected chi connectivity index (χ0v) is 9.29. The van der Waals surface area contributed by atoms with Gasteiger partial charge in [-0.15, -0.1) is 5.73 Å². The van der Waals surface area contributed by atoms with Crippen molar-refractivity contribution in [1.29, 1.82) is 0 Å². The first-order valence-electron chi connectivity index (χ1n) is 5.17. The van der Waals surface area contributed by atoms with Crippen LogP contribution in [0.1, 0.15) is 37.0 Å². The van der Waals surface area contributed by atoms with E-state index >= 15 is 0 Å². The van der Waals surface area contributed by atoms with Gasteiger partial charge in [0.15, 0.2) is 5.78 Å². The summed E-state index contributed by atoms with van der Waals surface area (Å²) in [6, 6.07) is 9.40. The number of rotatable bonds is 4. The van der Waals surface area contributed by atoms with Crippen molar-refractivity contribution in [3.63, 3.8) is 0 Å². The second-order valence-electron chi connectivity index (χ2n) is 3.68. The third-order valence-electron chi connectivity index (χ3n) is 2.00. The standard InChI is InChI=1S/C14H16O/c1-12(2)8-6-7-11-14(15)13-9-4-3-5-10-13/h3-6,9-10H,7,11H2,1-2H3. The van der Waals surface area contributed by atoms with Gasteiger partial charge in [-0.25, -0.2) is 0 Å². The lowest BCUT2D eigenvalue weighted by atomic mass is 10.1.